The largest absolute Gasteiger partial charge is 0.496 e. The third-order valence-electron chi connectivity index (χ3n) is 4.01. The minimum absolute atomic E-state index is 0.00457. The lowest BCUT2D eigenvalue weighted by Gasteiger charge is -2.11. The summed E-state index contributed by atoms with van der Waals surface area (Å²) in [6.45, 7) is 0.198. The van der Waals surface area contributed by atoms with Gasteiger partial charge in [0.15, 0.2) is 5.78 Å². The molecule has 0 atom stereocenters. The van der Waals surface area contributed by atoms with Crippen LogP contribution in [-0.2, 0) is 13.7 Å². The van der Waals surface area contributed by atoms with E-state index in [1.165, 1.54) is 30.5 Å². The van der Waals surface area contributed by atoms with Crippen molar-refractivity contribution in [2.45, 2.75) is 6.61 Å². The fourth-order valence-corrected chi connectivity index (χ4v) is 2.73. The molecule has 0 aliphatic rings. The molecule has 1 aromatic heterocycles. The molecule has 0 aliphatic heterocycles. The van der Waals surface area contributed by atoms with Crippen molar-refractivity contribution in [3.63, 3.8) is 0 Å². The second kappa shape index (κ2) is 8.71. The highest BCUT2D eigenvalue weighted by molar-refractivity contribution is 6.30. The maximum absolute atomic E-state index is 13.3. The van der Waals surface area contributed by atoms with Crippen molar-refractivity contribution in [1.29, 1.82) is 0 Å². The smallest absolute Gasteiger partial charge is 0.189 e. The van der Waals surface area contributed by atoms with E-state index >= 15 is 0 Å². The van der Waals surface area contributed by atoms with Gasteiger partial charge in [0.2, 0.25) is 0 Å². The predicted octanol–water partition coefficient (Wildman–Crippen LogP) is 4.70. The van der Waals surface area contributed by atoms with Crippen molar-refractivity contribution in [3.8, 4) is 11.5 Å². The number of benzene rings is 2. The van der Waals surface area contributed by atoms with Crippen molar-refractivity contribution in [2.75, 3.05) is 7.11 Å². The number of methoxy groups -OCH3 is 1. The Bertz CT molecular complexity index is 1030. The Labute approximate surface area is 167 Å². The number of nitrogens with zero attached hydrogens (tertiary/aromatic N) is 2. The monoisotopic (exact) mass is 400 g/mol. The maximum Gasteiger partial charge on any atom is 0.189 e. The highest BCUT2D eigenvalue weighted by Gasteiger charge is 2.08. The molecule has 1 heterocycles. The first-order chi connectivity index (χ1) is 13.5. The third-order valence-corrected chi connectivity index (χ3v) is 4.30. The maximum atomic E-state index is 13.3. The number of ketones is 1. The Morgan fingerprint density at radius 2 is 2.11 bits per heavy atom. The molecule has 0 aliphatic carbocycles. The van der Waals surface area contributed by atoms with E-state index < -0.39 is 5.82 Å². The van der Waals surface area contributed by atoms with Gasteiger partial charge in [-0.15, -0.1) is 0 Å². The second-order valence-electron chi connectivity index (χ2n) is 6.04. The first-order valence-electron chi connectivity index (χ1n) is 8.42. The van der Waals surface area contributed by atoms with E-state index in [0.717, 1.165) is 11.1 Å². The Kier molecular flexibility index (Phi) is 6.11. The van der Waals surface area contributed by atoms with Gasteiger partial charge in [0, 0.05) is 24.9 Å². The van der Waals surface area contributed by atoms with Gasteiger partial charge >= 0.3 is 0 Å². The van der Waals surface area contributed by atoms with E-state index in [1.54, 1.807) is 37.2 Å². The molecule has 0 spiro atoms. The lowest BCUT2D eigenvalue weighted by Crippen LogP contribution is -2.00. The van der Waals surface area contributed by atoms with Gasteiger partial charge in [0.25, 0.3) is 0 Å². The van der Waals surface area contributed by atoms with Gasteiger partial charge in [0.05, 0.1) is 23.9 Å². The van der Waals surface area contributed by atoms with Gasteiger partial charge in [-0.1, -0.05) is 23.7 Å². The van der Waals surface area contributed by atoms with Crippen LogP contribution in [0.15, 0.2) is 54.9 Å². The molecule has 3 aromatic rings. The molecule has 7 heteroatoms. The van der Waals surface area contributed by atoms with Gasteiger partial charge in [-0.25, -0.2) is 4.39 Å². The van der Waals surface area contributed by atoms with Crippen LogP contribution in [0, 0.1) is 5.82 Å². The molecule has 0 N–H and O–H groups in total. The van der Waals surface area contributed by atoms with Crippen molar-refractivity contribution in [1.82, 2.24) is 9.78 Å². The minimum Gasteiger partial charge on any atom is -0.496 e. The number of ether oxygens (including phenoxy) is 2. The number of hydrogen-bond donors (Lipinski definition) is 0. The number of hydrogen-bond acceptors (Lipinski definition) is 4. The van der Waals surface area contributed by atoms with Crippen LogP contribution >= 0.6 is 11.6 Å². The quantitative estimate of drug-likeness (QED) is 0.426. The molecule has 28 heavy (non-hydrogen) atoms. The summed E-state index contributed by atoms with van der Waals surface area (Å²) in [6, 6.07) is 9.66. The van der Waals surface area contributed by atoms with Crippen LogP contribution in [0.5, 0.6) is 11.5 Å². The predicted molar refractivity (Wildman–Crippen MR) is 105 cm³/mol. The van der Waals surface area contributed by atoms with E-state index in [0.29, 0.717) is 17.1 Å². The molecule has 144 valence electrons. The standard InChI is InChI=1S/C21H18ClFN2O3/c1-25-12-16(11-24-25)20(26)7-3-14-4-8-21(27-2)15(9-14)13-28-17-5-6-19(23)18(22)10-17/h3-12H,13H2,1-2H3/b7-3+. The van der Waals surface area contributed by atoms with Crippen LogP contribution in [0.3, 0.4) is 0 Å². The molecule has 0 saturated carbocycles. The lowest BCUT2D eigenvalue weighted by atomic mass is 10.1. The molecule has 0 bridgehead atoms. The molecule has 5 nitrogen and oxygen atoms in total. The van der Waals surface area contributed by atoms with E-state index in [4.69, 9.17) is 21.1 Å². The molecule has 0 saturated heterocycles. The SMILES string of the molecule is COc1ccc(/C=C/C(=O)c2cnn(C)c2)cc1COc1ccc(F)c(Cl)c1. The molecule has 0 unspecified atom stereocenters. The van der Waals surface area contributed by atoms with Crippen LogP contribution in [0.4, 0.5) is 4.39 Å². The van der Waals surface area contributed by atoms with Crippen molar-refractivity contribution in [3.05, 3.63) is 82.4 Å². The Morgan fingerprint density at radius 1 is 1.29 bits per heavy atom. The van der Waals surface area contributed by atoms with Gasteiger partial charge in [-0.05, 0) is 35.9 Å². The number of aryl methyl sites for hydroxylation is 1. The molecule has 0 fully saturated rings. The summed E-state index contributed by atoms with van der Waals surface area (Å²) in [4.78, 5) is 12.2. The summed E-state index contributed by atoms with van der Waals surface area (Å²) in [5.41, 5.74) is 2.11. The molecular weight excluding hydrogens is 383 g/mol. The lowest BCUT2D eigenvalue weighted by molar-refractivity contribution is 0.104. The van der Waals surface area contributed by atoms with Crippen LogP contribution < -0.4 is 9.47 Å². The van der Waals surface area contributed by atoms with Gasteiger partial charge in [-0.2, -0.15) is 5.10 Å². The first-order valence-corrected chi connectivity index (χ1v) is 8.80. The summed E-state index contributed by atoms with van der Waals surface area (Å²) in [5, 5.41) is 3.99. The summed E-state index contributed by atoms with van der Waals surface area (Å²) >= 11 is 5.78. The minimum atomic E-state index is -0.503. The zero-order valence-electron chi connectivity index (χ0n) is 15.4. The van der Waals surface area contributed by atoms with Gasteiger partial charge in [0.1, 0.15) is 23.9 Å². The van der Waals surface area contributed by atoms with Crippen LogP contribution in [0.25, 0.3) is 6.08 Å². The Hall–Kier alpha value is -3.12. The number of rotatable bonds is 7. The topological polar surface area (TPSA) is 53.3 Å². The van der Waals surface area contributed by atoms with Crippen molar-refractivity contribution >= 4 is 23.5 Å². The van der Waals surface area contributed by atoms with E-state index in [-0.39, 0.29) is 17.4 Å². The highest BCUT2D eigenvalue weighted by atomic mass is 35.5. The Balaban J connectivity index is 1.74. The highest BCUT2D eigenvalue weighted by Crippen LogP contribution is 2.25. The molecule has 0 amide bonds. The second-order valence-corrected chi connectivity index (χ2v) is 6.44. The average molecular weight is 401 g/mol. The zero-order valence-corrected chi connectivity index (χ0v) is 16.1. The number of carbonyl (C=O) groups excluding carboxylic acids is 1. The van der Waals surface area contributed by atoms with E-state index in [1.807, 2.05) is 12.1 Å². The number of carbonyl (C=O) groups is 1. The van der Waals surface area contributed by atoms with Crippen molar-refractivity contribution < 1.29 is 18.7 Å². The average Bonchev–Trinajstić information content (AvgIpc) is 3.13. The number of halogens is 2. The van der Waals surface area contributed by atoms with Crippen LogP contribution in [0.2, 0.25) is 5.02 Å². The Morgan fingerprint density at radius 3 is 2.79 bits per heavy atom. The fraction of sp³-hybridized carbons (Fsp3) is 0.143. The normalized spacial score (nSPS) is 11.0. The van der Waals surface area contributed by atoms with Crippen molar-refractivity contribution in [2.24, 2.45) is 7.05 Å². The van der Waals surface area contributed by atoms with E-state index in [9.17, 15) is 9.18 Å². The summed E-state index contributed by atoms with van der Waals surface area (Å²) < 4.78 is 25.9. The van der Waals surface area contributed by atoms with E-state index in [2.05, 4.69) is 5.10 Å². The molecule has 0 radical (unpaired) electrons. The molecule has 3 rings (SSSR count). The number of allylic oxidation sites excluding steroid dienone is 1. The third kappa shape index (κ3) is 4.78. The molecule has 2 aromatic carbocycles. The summed E-state index contributed by atoms with van der Waals surface area (Å²) in [5.74, 6) is 0.449. The fourth-order valence-electron chi connectivity index (χ4n) is 2.56. The first kappa shape index (κ1) is 19.6. The molecular formula is C21H18ClFN2O3. The zero-order chi connectivity index (χ0) is 20.1. The summed E-state index contributed by atoms with van der Waals surface area (Å²) in [6.07, 6.45) is 6.39. The summed E-state index contributed by atoms with van der Waals surface area (Å²) in [7, 11) is 3.32. The van der Waals surface area contributed by atoms with Gasteiger partial charge < -0.3 is 9.47 Å². The van der Waals surface area contributed by atoms with Gasteiger partial charge in [-0.3, -0.25) is 9.48 Å². The van der Waals surface area contributed by atoms with Crippen LogP contribution in [0.1, 0.15) is 21.5 Å². The number of aromatic nitrogens is 2. The van der Waals surface area contributed by atoms with Crippen LogP contribution in [-0.4, -0.2) is 22.7 Å².